The summed E-state index contributed by atoms with van der Waals surface area (Å²) in [5.74, 6) is 3.39. The van der Waals surface area contributed by atoms with Crippen LogP contribution in [0, 0.1) is 25.7 Å². The van der Waals surface area contributed by atoms with Crippen molar-refractivity contribution >= 4 is 5.82 Å². The van der Waals surface area contributed by atoms with Crippen LogP contribution in [-0.4, -0.2) is 51.0 Å². The maximum atomic E-state index is 4.52. The van der Waals surface area contributed by atoms with Gasteiger partial charge < -0.3 is 4.90 Å². The monoisotopic (exact) mass is 310 g/mol. The third-order valence-corrected chi connectivity index (χ3v) is 4.89. The summed E-state index contributed by atoms with van der Waals surface area (Å²) in [6, 6.07) is 4.11. The summed E-state index contributed by atoms with van der Waals surface area (Å²) in [7, 11) is 0. The number of likely N-dealkylation sites (tertiary alicyclic amines) is 1. The Hall–Kier alpha value is -2.08. The highest BCUT2D eigenvalue weighted by Crippen LogP contribution is 2.33. The van der Waals surface area contributed by atoms with Crippen molar-refractivity contribution in [3.8, 4) is 0 Å². The molecule has 0 aromatic carbocycles. The topological polar surface area (TPSA) is 58.0 Å². The molecule has 2 unspecified atom stereocenters. The van der Waals surface area contributed by atoms with Gasteiger partial charge in [0.2, 0.25) is 0 Å². The number of aryl methyl sites for hydroxylation is 2. The standard InChI is InChI=1S/C17H22N6/c1-12-5-17(20-11-19-12)23-8-14-6-22(7-15(14)9-23)10-16-3-4-18-13(2)21-16/h3-5,11,14-15H,6-10H2,1-2H3. The molecule has 6 nitrogen and oxygen atoms in total. The van der Waals surface area contributed by atoms with Gasteiger partial charge in [-0.25, -0.2) is 19.9 Å². The maximum absolute atomic E-state index is 4.52. The van der Waals surface area contributed by atoms with Crippen molar-refractivity contribution in [2.45, 2.75) is 20.4 Å². The van der Waals surface area contributed by atoms with Crippen molar-refractivity contribution in [1.29, 1.82) is 0 Å². The molecule has 2 aliphatic rings. The molecule has 0 amide bonds. The van der Waals surface area contributed by atoms with E-state index in [-0.39, 0.29) is 0 Å². The van der Waals surface area contributed by atoms with E-state index in [1.807, 2.05) is 26.1 Å². The van der Waals surface area contributed by atoms with Crippen LogP contribution < -0.4 is 4.90 Å². The van der Waals surface area contributed by atoms with Crippen LogP contribution in [0.5, 0.6) is 0 Å². The Morgan fingerprint density at radius 2 is 1.83 bits per heavy atom. The minimum absolute atomic E-state index is 0.730. The van der Waals surface area contributed by atoms with Crippen LogP contribution in [0.1, 0.15) is 17.2 Å². The average Bonchev–Trinajstić information content (AvgIpc) is 3.05. The van der Waals surface area contributed by atoms with Crippen LogP contribution in [0.25, 0.3) is 0 Å². The number of fused-ring (bicyclic) bond motifs is 1. The summed E-state index contributed by atoms with van der Waals surface area (Å²) in [5, 5.41) is 0. The fraction of sp³-hybridized carbons (Fsp3) is 0.529. The summed E-state index contributed by atoms with van der Waals surface area (Å²) < 4.78 is 0. The zero-order chi connectivity index (χ0) is 15.8. The third kappa shape index (κ3) is 3.03. The molecule has 2 aromatic heterocycles. The molecule has 2 aliphatic heterocycles. The number of rotatable bonds is 3. The van der Waals surface area contributed by atoms with E-state index >= 15 is 0 Å². The largest absolute Gasteiger partial charge is 0.356 e. The third-order valence-electron chi connectivity index (χ3n) is 4.89. The van der Waals surface area contributed by atoms with Gasteiger partial charge in [-0.15, -0.1) is 0 Å². The van der Waals surface area contributed by atoms with E-state index in [2.05, 4.69) is 35.8 Å². The predicted molar refractivity (Wildman–Crippen MR) is 88.0 cm³/mol. The zero-order valence-electron chi connectivity index (χ0n) is 13.7. The van der Waals surface area contributed by atoms with Gasteiger partial charge in [-0.3, -0.25) is 4.90 Å². The fourth-order valence-corrected chi connectivity index (χ4v) is 3.84. The van der Waals surface area contributed by atoms with Gasteiger partial charge in [0, 0.05) is 50.7 Å². The summed E-state index contributed by atoms with van der Waals surface area (Å²) in [6.45, 7) is 9.39. The molecular weight excluding hydrogens is 288 g/mol. The van der Waals surface area contributed by atoms with E-state index in [1.165, 1.54) is 0 Å². The molecule has 2 fully saturated rings. The minimum atomic E-state index is 0.730. The highest BCUT2D eigenvalue weighted by atomic mass is 15.3. The molecule has 0 spiro atoms. The first kappa shape index (κ1) is 14.5. The van der Waals surface area contributed by atoms with Crippen molar-refractivity contribution in [1.82, 2.24) is 24.8 Å². The Morgan fingerprint density at radius 1 is 1.04 bits per heavy atom. The van der Waals surface area contributed by atoms with Crippen LogP contribution in [0.2, 0.25) is 0 Å². The van der Waals surface area contributed by atoms with E-state index in [1.54, 1.807) is 6.33 Å². The first-order valence-electron chi connectivity index (χ1n) is 8.22. The number of hydrogen-bond donors (Lipinski definition) is 0. The average molecular weight is 310 g/mol. The molecule has 0 bridgehead atoms. The molecule has 4 heterocycles. The molecule has 0 aliphatic carbocycles. The van der Waals surface area contributed by atoms with E-state index in [0.717, 1.165) is 67.6 Å². The lowest BCUT2D eigenvalue weighted by molar-refractivity contribution is 0.304. The minimum Gasteiger partial charge on any atom is -0.356 e. The smallest absolute Gasteiger partial charge is 0.132 e. The van der Waals surface area contributed by atoms with Gasteiger partial charge in [0.15, 0.2) is 0 Å². The lowest BCUT2D eigenvalue weighted by atomic mass is 10.0. The second kappa shape index (κ2) is 5.85. The van der Waals surface area contributed by atoms with Crippen LogP contribution in [0.3, 0.4) is 0 Å². The van der Waals surface area contributed by atoms with Crippen molar-refractivity contribution < 1.29 is 0 Å². The van der Waals surface area contributed by atoms with Crippen molar-refractivity contribution in [2.24, 2.45) is 11.8 Å². The molecule has 6 heteroatoms. The number of anilines is 1. The molecule has 2 saturated heterocycles. The van der Waals surface area contributed by atoms with Gasteiger partial charge in [-0.05, 0) is 31.7 Å². The maximum Gasteiger partial charge on any atom is 0.132 e. The lowest BCUT2D eigenvalue weighted by Gasteiger charge is -2.22. The summed E-state index contributed by atoms with van der Waals surface area (Å²) in [6.07, 6.45) is 3.52. The van der Waals surface area contributed by atoms with Crippen LogP contribution >= 0.6 is 0 Å². The molecule has 23 heavy (non-hydrogen) atoms. The Bertz CT molecular complexity index is 689. The van der Waals surface area contributed by atoms with Crippen molar-refractivity contribution in [3.05, 3.63) is 41.9 Å². The van der Waals surface area contributed by atoms with E-state index in [4.69, 9.17) is 0 Å². The molecule has 2 aromatic rings. The Kier molecular flexibility index (Phi) is 3.69. The normalized spacial score (nSPS) is 24.2. The first-order chi connectivity index (χ1) is 11.2. The van der Waals surface area contributed by atoms with Gasteiger partial charge in [0.25, 0.3) is 0 Å². The van der Waals surface area contributed by atoms with Gasteiger partial charge in [-0.1, -0.05) is 0 Å². The SMILES string of the molecule is Cc1cc(N2CC3CN(Cc4ccnc(C)n4)CC3C2)ncn1. The van der Waals surface area contributed by atoms with Gasteiger partial charge in [0.05, 0.1) is 5.69 Å². The Labute approximate surface area is 136 Å². The summed E-state index contributed by atoms with van der Waals surface area (Å²) in [4.78, 5) is 22.3. The van der Waals surface area contributed by atoms with Crippen molar-refractivity contribution in [2.75, 3.05) is 31.1 Å². The Balaban J connectivity index is 1.38. The van der Waals surface area contributed by atoms with Crippen LogP contribution in [0.15, 0.2) is 24.7 Å². The van der Waals surface area contributed by atoms with Crippen LogP contribution in [-0.2, 0) is 6.54 Å². The summed E-state index contributed by atoms with van der Waals surface area (Å²) >= 11 is 0. The molecule has 0 radical (unpaired) electrons. The Morgan fingerprint density at radius 3 is 2.52 bits per heavy atom. The van der Waals surface area contributed by atoms with Gasteiger partial charge in [-0.2, -0.15) is 0 Å². The molecule has 4 rings (SSSR count). The summed E-state index contributed by atoms with van der Waals surface area (Å²) in [5.41, 5.74) is 2.16. The van der Waals surface area contributed by atoms with Crippen LogP contribution in [0.4, 0.5) is 5.82 Å². The first-order valence-corrected chi connectivity index (χ1v) is 8.22. The second-order valence-electron chi connectivity index (χ2n) is 6.73. The van der Waals surface area contributed by atoms with Gasteiger partial charge in [0.1, 0.15) is 18.0 Å². The van der Waals surface area contributed by atoms with E-state index in [0.29, 0.717) is 0 Å². The van der Waals surface area contributed by atoms with Gasteiger partial charge >= 0.3 is 0 Å². The molecule has 0 N–H and O–H groups in total. The zero-order valence-corrected chi connectivity index (χ0v) is 13.7. The molecular formula is C17H22N6. The predicted octanol–water partition coefficient (Wildman–Crippen LogP) is 1.45. The van der Waals surface area contributed by atoms with E-state index < -0.39 is 0 Å². The fourth-order valence-electron chi connectivity index (χ4n) is 3.84. The molecule has 2 atom stereocenters. The number of hydrogen-bond acceptors (Lipinski definition) is 6. The number of nitrogens with zero attached hydrogens (tertiary/aromatic N) is 6. The quantitative estimate of drug-likeness (QED) is 0.855. The van der Waals surface area contributed by atoms with E-state index in [9.17, 15) is 0 Å². The second-order valence-corrected chi connectivity index (χ2v) is 6.73. The lowest BCUT2D eigenvalue weighted by Crippen LogP contribution is -2.29. The number of aromatic nitrogens is 4. The van der Waals surface area contributed by atoms with Crippen molar-refractivity contribution in [3.63, 3.8) is 0 Å². The highest BCUT2D eigenvalue weighted by molar-refractivity contribution is 5.40. The molecule has 120 valence electrons. The molecule has 0 saturated carbocycles. The highest BCUT2D eigenvalue weighted by Gasteiger charge is 2.40.